The topological polar surface area (TPSA) is 61.5 Å². The molecule has 1 aromatic heterocycles. The fraction of sp³-hybridized carbons (Fsp3) is 0.308. The third-order valence-corrected chi connectivity index (χ3v) is 6.64. The van der Waals surface area contributed by atoms with Crippen LogP contribution in [0.15, 0.2) is 76.4 Å². The molecule has 5 rings (SSSR count). The Hall–Kier alpha value is -3.29. The van der Waals surface area contributed by atoms with Gasteiger partial charge in [-0.25, -0.2) is 5.01 Å². The molecule has 0 spiro atoms. The summed E-state index contributed by atoms with van der Waals surface area (Å²) in [6.07, 6.45) is 2.24. The van der Waals surface area contributed by atoms with Crippen molar-refractivity contribution in [1.29, 1.82) is 0 Å². The number of benzene rings is 2. The van der Waals surface area contributed by atoms with Gasteiger partial charge in [0.1, 0.15) is 17.6 Å². The Bertz CT molecular complexity index is 1140. The number of carbonyl (C=O) groups excluding carboxylic acids is 1. The summed E-state index contributed by atoms with van der Waals surface area (Å²) in [4.78, 5) is 17.9. The van der Waals surface area contributed by atoms with Crippen molar-refractivity contribution in [2.75, 3.05) is 44.7 Å². The quantitative estimate of drug-likeness (QED) is 0.524. The summed E-state index contributed by atoms with van der Waals surface area (Å²) in [7, 11) is 1.67. The smallest absolute Gasteiger partial charge is 0.257 e. The number of hydrogen-bond acceptors (Lipinski definition) is 6. The average Bonchev–Trinajstić information content (AvgIpc) is 3.55. The van der Waals surface area contributed by atoms with Gasteiger partial charge in [0.25, 0.3) is 5.91 Å². The number of ether oxygens (including phenoxy) is 1. The van der Waals surface area contributed by atoms with Crippen molar-refractivity contribution in [2.24, 2.45) is 5.10 Å². The molecule has 1 saturated heterocycles. The lowest BCUT2D eigenvalue weighted by Crippen LogP contribution is -2.49. The average molecular weight is 479 g/mol. The van der Waals surface area contributed by atoms with Gasteiger partial charge in [-0.3, -0.25) is 9.69 Å². The molecule has 2 aliphatic rings. The molecule has 1 amide bonds. The summed E-state index contributed by atoms with van der Waals surface area (Å²) >= 11 is 6.04. The molecular formula is C26H27ClN4O3. The first-order valence-corrected chi connectivity index (χ1v) is 11.8. The molecule has 3 aromatic rings. The molecule has 7 nitrogen and oxygen atoms in total. The van der Waals surface area contributed by atoms with E-state index in [4.69, 9.17) is 25.9 Å². The summed E-state index contributed by atoms with van der Waals surface area (Å²) in [6, 6.07) is 19.2. The Labute approximate surface area is 204 Å². The summed E-state index contributed by atoms with van der Waals surface area (Å²) < 4.78 is 10.9. The second-order valence-corrected chi connectivity index (χ2v) is 8.92. The molecule has 0 aliphatic carbocycles. The maximum Gasteiger partial charge on any atom is 0.257 e. The van der Waals surface area contributed by atoms with Crippen molar-refractivity contribution in [1.82, 2.24) is 9.91 Å². The Kier molecular flexibility index (Phi) is 6.56. The van der Waals surface area contributed by atoms with Gasteiger partial charge in [0.05, 0.1) is 25.6 Å². The van der Waals surface area contributed by atoms with Crippen LogP contribution in [0.2, 0.25) is 5.02 Å². The number of halogens is 1. The predicted octanol–water partition coefficient (Wildman–Crippen LogP) is 4.44. The number of anilines is 1. The fourth-order valence-corrected chi connectivity index (χ4v) is 4.61. The Morgan fingerprint density at radius 2 is 1.79 bits per heavy atom. The Balaban J connectivity index is 1.25. The minimum Gasteiger partial charge on any atom is -0.497 e. The van der Waals surface area contributed by atoms with E-state index in [0.717, 1.165) is 49.0 Å². The third kappa shape index (κ3) is 4.81. The summed E-state index contributed by atoms with van der Waals surface area (Å²) in [5.41, 5.74) is 2.99. The highest BCUT2D eigenvalue weighted by Gasteiger charge is 2.35. The van der Waals surface area contributed by atoms with Crippen molar-refractivity contribution in [3.63, 3.8) is 0 Å². The van der Waals surface area contributed by atoms with Gasteiger partial charge in [-0.05, 0) is 54.1 Å². The molecule has 34 heavy (non-hydrogen) atoms. The molecular weight excluding hydrogens is 452 g/mol. The van der Waals surface area contributed by atoms with Crippen molar-refractivity contribution in [3.8, 4) is 5.75 Å². The van der Waals surface area contributed by atoms with Crippen LogP contribution in [0.1, 0.15) is 23.8 Å². The van der Waals surface area contributed by atoms with E-state index in [1.807, 2.05) is 48.5 Å². The van der Waals surface area contributed by atoms with Crippen molar-refractivity contribution >= 4 is 28.9 Å². The van der Waals surface area contributed by atoms with Crippen LogP contribution >= 0.6 is 11.6 Å². The van der Waals surface area contributed by atoms with E-state index in [9.17, 15) is 4.79 Å². The number of methoxy groups -OCH3 is 1. The number of amides is 1. The maximum absolute atomic E-state index is 13.4. The van der Waals surface area contributed by atoms with Gasteiger partial charge >= 0.3 is 0 Å². The second kappa shape index (κ2) is 9.91. The molecule has 2 aromatic carbocycles. The molecule has 1 atom stereocenters. The fourth-order valence-electron chi connectivity index (χ4n) is 4.48. The molecule has 0 saturated carbocycles. The molecule has 176 valence electrons. The zero-order valence-electron chi connectivity index (χ0n) is 19.1. The van der Waals surface area contributed by atoms with Crippen LogP contribution in [0.5, 0.6) is 5.75 Å². The van der Waals surface area contributed by atoms with E-state index in [2.05, 4.69) is 21.9 Å². The van der Waals surface area contributed by atoms with Crippen molar-refractivity contribution < 1.29 is 13.9 Å². The van der Waals surface area contributed by atoms with Gasteiger partial charge in [0.15, 0.2) is 0 Å². The number of hydrazone groups is 1. The number of piperazine rings is 1. The molecule has 8 heteroatoms. The second-order valence-electron chi connectivity index (χ2n) is 8.49. The van der Waals surface area contributed by atoms with Crippen LogP contribution in [-0.2, 0) is 4.79 Å². The standard InChI is InChI=1S/C26H27ClN4O3/c1-33-22-10-8-21(9-11-22)30-14-12-29(13-15-30)18-26(32)31-24(25-3-2-16-34-25)17-23(28-31)19-4-6-20(27)7-5-19/h2-11,16,24H,12-15,17-18H2,1H3/t24-/m0/s1. The van der Waals surface area contributed by atoms with E-state index in [0.29, 0.717) is 18.0 Å². The first kappa shape index (κ1) is 22.5. The molecule has 0 N–H and O–H groups in total. The third-order valence-electron chi connectivity index (χ3n) is 6.38. The van der Waals surface area contributed by atoms with E-state index in [-0.39, 0.29) is 11.9 Å². The minimum atomic E-state index is -0.242. The predicted molar refractivity (Wildman–Crippen MR) is 133 cm³/mol. The zero-order valence-corrected chi connectivity index (χ0v) is 19.8. The lowest BCUT2D eigenvalue weighted by atomic mass is 10.0. The number of furan rings is 1. The number of nitrogens with zero attached hydrogens (tertiary/aromatic N) is 4. The van der Waals surface area contributed by atoms with Crippen LogP contribution in [0.3, 0.4) is 0 Å². The highest BCUT2D eigenvalue weighted by molar-refractivity contribution is 6.30. The van der Waals surface area contributed by atoms with Gasteiger partial charge in [0, 0.05) is 43.3 Å². The number of hydrogen-bond donors (Lipinski definition) is 0. The summed E-state index contributed by atoms with van der Waals surface area (Å²) in [6.45, 7) is 3.67. The minimum absolute atomic E-state index is 0.0248. The zero-order chi connectivity index (χ0) is 23.5. The van der Waals surface area contributed by atoms with E-state index in [1.54, 1.807) is 18.4 Å². The van der Waals surface area contributed by atoms with E-state index in [1.165, 1.54) is 5.69 Å². The SMILES string of the molecule is COc1ccc(N2CCN(CC(=O)N3N=C(c4ccc(Cl)cc4)C[C@H]3c3ccco3)CC2)cc1. The van der Waals surface area contributed by atoms with Gasteiger partial charge in [-0.2, -0.15) is 5.10 Å². The normalized spacial score (nSPS) is 18.8. The Morgan fingerprint density at radius 3 is 2.44 bits per heavy atom. The summed E-state index contributed by atoms with van der Waals surface area (Å²) in [5.74, 6) is 1.57. The first-order chi connectivity index (χ1) is 16.6. The molecule has 0 radical (unpaired) electrons. The number of carbonyl (C=O) groups is 1. The van der Waals surface area contributed by atoms with Gasteiger partial charge in [-0.1, -0.05) is 23.7 Å². The largest absolute Gasteiger partial charge is 0.497 e. The molecule has 1 fully saturated rings. The van der Waals surface area contributed by atoms with Crippen LogP contribution < -0.4 is 9.64 Å². The maximum atomic E-state index is 13.4. The van der Waals surface area contributed by atoms with Gasteiger partial charge < -0.3 is 14.1 Å². The highest BCUT2D eigenvalue weighted by Crippen LogP contribution is 2.33. The van der Waals surface area contributed by atoms with Crippen LogP contribution in [-0.4, -0.2) is 61.4 Å². The highest BCUT2D eigenvalue weighted by atomic mass is 35.5. The Morgan fingerprint density at radius 1 is 1.06 bits per heavy atom. The van der Waals surface area contributed by atoms with Crippen LogP contribution in [0.4, 0.5) is 5.69 Å². The van der Waals surface area contributed by atoms with Crippen LogP contribution in [0.25, 0.3) is 0 Å². The molecule has 0 bridgehead atoms. The lowest BCUT2D eigenvalue weighted by molar-refractivity contribution is -0.134. The summed E-state index contributed by atoms with van der Waals surface area (Å²) in [5, 5.41) is 6.99. The van der Waals surface area contributed by atoms with E-state index < -0.39 is 0 Å². The number of rotatable bonds is 6. The van der Waals surface area contributed by atoms with Gasteiger partial charge in [0.2, 0.25) is 0 Å². The monoisotopic (exact) mass is 478 g/mol. The molecule has 2 aliphatic heterocycles. The van der Waals surface area contributed by atoms with E-state index >= 15 is 0 Å². The lowest BCUT2D eigenvalue weighted by Gasteiger charge is -2.36. The van der Waals surface area contributed by atoms with Gasteiger partial charge in [-0.15, -0.1) is 0 Å². The first-order valence-electron chi connectivity index (χ1n) is 11.4. The van der Waals surface area contributed by atoms with Crippen molar-refractivity contribution in [3.05, 3.63) is 83.3 Å². The molecule has 0 unspecified atom stereocenters. The molecule has 3 heterocycles. The van der Waals surface area contributed by atoms with Crippen LogP contribution in [0, 0.1) is 0 Å². The van der Waals surface area contributed by atoms with Crippen molar-refractivity contribution in [2.45, 2.75) is 12.5 Å².